The van der Waals surface area contributed by atoms with Gasteiger partial charge < -0.3 is 33.4 Å². The van der Waals surface area contributed by atoms with Crippen molar-refractivity contribution in [2.45, 2.75) is 144 Å². The summed E-state index contributed by atoms with van der Waals surface area (Å²) < 4.78 is 32.2. The Morgan fingerprint density at radius 1 is 0.925 bits per heavy atom. The molecule has 1 aliphatic heterocycles. The summed E-state index contributed by atoms with van der Waals surface area (Å²) in [7, 11) is -2.15. The second-order valence-electron chi connectivity index (χ2n) is 17.5. The molecule has 10 nitrogen and oxygen atoms in total. The summed E-state index contributed by atoms with van der Waals surface area (Å²) in [6.07, 6.45) is -2.17. The first-order valence-electron chi connectivity index (χ1n) is 19.6. The van der Waals surface area contributed by atoms with Crippen LogP contribution in [0.15, 0.2) is 41.5 Å². The fourth-order valence-electron chi connectivity index (χ4n) is 10.3. The largest absolute Gasteiger partial charge is 0.461 e. The van der Waals surface area contributed by atoms with Crippen molar-refractivity contribution in [2.24, 2.45) is 28.6 Å². The van der Waals surface area contributed by atoms with E-state index in [0.29, 0.717) is 12.0 Å². The van der Waals surface area contributed by atoms with Crippen molar-refractivity contribution in [1.82, 2.24) is 4.90 Å². The van der Waals surface area contributed by atoms with E-state index < -0.39 is 78.6 Å². The Labute approximate surface area is 319 Å². The molecular weight excluding hydrogens is 691 g/mol. The predicted molar refractivity (Wildman–Crippen MR) is 208 cm³/mol. The molecule has 11 heteroatoms. The van der Waals surface area contributed by atoms with Crippen LogP contribution in [-0.2, 0) is 33.0 Å². The lowest BCUT2D eigenvalue weighted by Crippen LogP contribution is -2.81. The highest BCUT2D eigenvalue weighted by atomic mass is 28.4. The van der Waals surface area contributed by atoms with E-state index in [1.54, 1.807) is 24.3 Å². The molecule has 3 fully saturated rings. The Hall–Kier alpha value is -2.57. The van der Waals surface area contributed by atoms with Crippen molar-refractivity contribution in [3.05, 3.63) is 47.0 Å². The molecule has 1 heterocycles. The van der Waals surface area contributed by atoms with Crippen LogP contribution in [0, 0.1) is 28.6 Å². The topological polar surface area (TPSA) is 121 Å². The molecule has 1 aromatic rings. The van der Waals surface area contributed by atoms with Gasteiger partial charge in [-0.15, -0.1) is 0 Å². The Bertz CT molecular complexity index is 1510. The van der Waals surface area contributed by atoms with Crippen molar-refractivity contribution in [1.29, 1.82) is 0 Å². The highest BCUT2D eigenvalue weighted by Crippen LogP contribution is 2.67. The van der Waals surface area contributed by atoms with Crippen LogP contribution in [0.2, 0.25) is 19.6 Å². The number of esters is 3. The van der Waals surface area contributed by atoms with E-state index in [9.17, 15) is 19.5 Å². The molecule has 0 spiro atoms. The maximum absolute atomic E-state index is 14.1. The SMILES string of the molecule is CC(=O)O[C@@H]1[C@H](C)C2=C(C)[C@@H](O[Si](C)(C)C)C[C@@](O)([C@@H](OC(=O)c3ccccc3)C3[C@@]1(C)[C@@H](C)C[C@H]1OC[C@@]31OC(C)=O)C2(C)C.CCN(CC)CC. The van der Waals surface area contributed by atoms with Gasteiger partial charge in [-0.3, -0.25) is 9.59 Å². The molecule has 0 radical (unpaired) electrons. The molecule has 5 rings (SSSR count). The predicted octanol–water partition coefficient (Wildman–Crippen LogP) is 7.20. The summed E-state index contributed by atoms with van der Waals surface area (Å²) in [4.78, 5) is 42.4. The van der Waals surface area contributed by atoms with Crippen LogP contribution in [0.25, 0.3) is 0 Å². The minimum atomic E-state index is -2.15. The van der Waals surface area contributed by atoms with Crippen LogP contribution < -0.4 is 0 Å². The standard InChI is InChI=1S/C36H52O9Si.C6H15N/c1-20-17-27-35(19-41-27,44-24(5)38)29-31(43-32(39)25-15-13-12-14-16-25)36(40)18-26(45-46(9,10)11)21(2)28(33(36,6)7)22(3)30(34(20,29)8)42-23(4)37;1-4-7(5-2)6-3/h12-16,20,22,26-27,29-31,40H,17-19H2,1-11H3;4-6H2,1-3H3/t20-,22+,26-,27+,29?,30+,31-,34+,35-,36+;/m0./s1. The first-order chi connectivity index (χ1) is 24.5. The Morgan fingerprint density at radius 2 is 1.51 bits per heavy atom. The number of aliphatic hydroxyl groups is 1. The van der Waals surface area contributed by atoms with Gasteiger partial charge in [0.1, 0.15) is 23.9 Å². The molecule has 53 heavy (non-hydrogen) atoms. The molecule has 2 bridgehead atoms. The molecule has 2 saturated carbocycles. The first kappa shape index (κ1) is 43.2. The smallest absolute Gasteiger partial charge is 0.338 e. The third-order valence-corrected chi connectivity index (χ3v) is 14.0. The Balaban J connectivity index is 0.000000815. The van der Waals surface area contributed by atoms with Gasteiger partial charge in [0.25, 0.3) is 0 Å². The van der Waals surface area contributed by atoms with Gasteiger partial charge in [-0.2, -0.15) is 0 Å². The number of rotatable bonds is 9. The molecule has 1 N–H and O–H groups in total. The minimum Gasteiger partial charge on any atom is -0.461 e. The average molecular weight is 758 g/mol. The van der Waals surface area contributed by atoms with E-state index in [1.165, 1.54) is 33.5 Å². The van der Waals surface area contributed by atoms with Gasteiger partial charge in [0.05, 0.1) is 24.2 Å². The van der Waals surface area contributed by atoms with E-state index >= 15 is 0 Å². The fraction of sp³-hybridized carbons (Fsp3) is 0.738. The van der Waals surface area contributed by atoms with Gasteiger partial charge in [0, 0.05) is 37.0 Å². The van der Waals surface area contributed by atoms with E-state index in [0.717, 1.165) is 11.1 Å². The summed E-state index contributed by atoms with van der Waals surface area (Å²) in [6.45, 7) is 31.5. The summed E-state index contributed by atoms with van der Waals surface area (Å²) in [5.41, 5.74) is -2.55. The van der Waals surface area contributed by atoms with E-state index in [-0.39, 0.29) is 24.9 Å². The number of benzene rings is 1. The highest BCUT2D eigenvalue weighted by Gasteiger charge is 2.77. The van der Waals surface area contributed by atoms with Crippen LogP contribution in [-0.4, -0.2) is 98.1 Å². The molecular formula is C42H67NO9Si. The van der Waals surface area contributed by atoms with Crippen molar-refractivity contribution in [2.75, 3.05) is 26.2 Å². The molecule has 3 aliphatic carbocycles. The zero-order valence-corrected chi connectivity index (χ0v) is 35.8. The van der Waals surface area contributed by atoms with Crippen LogP contribution in [0.4, 0.5) is 0 Å². The number of nitrogens with zero attached hydrogens (tertiary/aromatic N) is 1. The molecule has 298 valence electrons. The van der Waals surface area contributed by atoms with Crippen LogP contribution >= 0.6 is 0 Å². The molecule has 1 unspecified atom stereocenters. The number of carbonyl (C=O) groups excluding carboxylic acids is 3. The number of carbonyl (C=O) groups is 3. The lowest BCUT2D eigenvalue weighted by molar-refractivity contribution is -0.357. The normalized spacial score (nSPS) is 36.0. The van der Waals surface area contributed by atoms with Gasteiger partial charge in [-0.1, -0.05) is 79.2 Å². The van der Waals surface area contributed by atoms with Crippen LogP contribution in [0.1, 0.15) is 99.4 Å². The molecule has 1 saturated heterocycles. The maximum atomic E-state index is 14.1. The zero-order valence-electron chi connectivity index (χ0n) is 34.8. The fourth-order valence-corrected chi connectivity index (χ4v) is 11.4. The van der Waals surface area contributed by atoms with Gasteiger partial charge in [0.15, 0.2) is 13.9 Å². The third-order valence-electron chi connectivity index (χ3n) is 13.0. The van der Waals surface area contributed by atoms with E-state index in [2.05, 4.69) is 66.1 Å². The quantitative estimate of drug-likeness (QED) is 0.120. The maximum Gasteiger partial charge on any atom is 0.338 e. The molecule has 0 amide bonds. The van der Waals surface area contributed by atoms with Gasteiger partial charge in [-0.05, 0) is 76.2 Å². The van der Waals surface area contributed by atoms with Gasteiger partial charge in [-0.25, -0.2) is 4.79 Å². The summed E-state index contributed by atoms with van der Waals surface area (Å²) in [5, 5.41) is 13.5. The number of hydrogen-bond acceptors (Lipinski definition) is 10. The lowest BCUT2D eigenvalue weighted by Gasteiger charge is -2.70. The summed E-state index contributed by atoms with van der Waals surface area (Å²) >= 11 is 0. The van der Waals surface area contributed by atoms with Crippen molar-refractivity contribution < 1.29 is 42.9 Å². The van der Waals surface area contributed by atoms with Crippen LogP contribution in [0.3, 0.4) is 0 Å². The minimum absolute atomic E-state index is 0.0673. The van der Waals surface area contributed by atoms with E-state index in [4.69, 9.17) is 23.4 Å². The second kappa shape index (κ2) is 15.9. The van der Waals surface area contributed by atoms with Crippen LogP contribution in [0.5, 0.6) is 0 Å². The van der Waals surface area contributed by atoms with Crippen molar-refractivity contribution >= 4 is 26.2 Å². The number of hydrogen-bond donors (Lipinski definition) is 1. The molecule has 10 atom stereocenters. The van der Waals surface area contributed by atoms with Gasteiger partial charge in [0.2, 0.25) is 0 Å². The van der Waals surface area contributed by atoms with E-state index in [1.807, 2.05) is 26.8 Å². The summed E-state index contributed by atoms with van der Waals surface area (Å²) in [6, 6.07) is 8.70. The van der Waals surface area contributed by atoms with Crippen molar-refractivity contribution in [3.8, 4) is 0 Å². The first-order valence-corrected chi connectivity index (χ1v) is 23.0. The van der Waals surface area contributed by atoms with Crippen molar-refractivity contribution in [3.63, 3.8) is 0 Å². The Kier molecular flexibility index (Phi) is 12.9. The molecule has 4 aliphatic rings. The second-order valence-corrected chi connectivity index (χ2v) is 22.0. The number of fused-ring (bicyclic) bond motifs is 5. The summed E-state index contributed by atoms with van der Waals surface area (Å²) in [5.74, 6) is -2.83. The molecule has 1 aromatic carbocycles. The molecule has 0 aromatic heterocycles. The average Bonchev–Trinajstić information content (AvgIpc) is 3.06. The third kappa shape index (κ3) is 7.79. The number of ether oxygens (including phenoxy) is 4. The highest BCUT2D eigenvalue weighted by molar-refractivity contribution is 6.69. The lowest BCUT2D eigenvalue weighted by atomic mass is 9.42. The van der Waals surface area contributed by atoms with Gasteiger partial charge >= 0.3 is 17.9 Å². The Morgan fingerprint density at radius 3 is 1.96 bits per heavy atom. The zero-order chi connectivity index (χ0) is 39.9. The monoisotopic (exact) mass is 757 g/mol.